The van der Waals surface area contributed by atoms with Gasteiger partial charge in [0.15, 0.2) is 0 Å². The second-order valence-corrected chi connectivity index (χ2v) is 8.21. The zero-order valence-corrected chi connectivity index (χ0v) is 17.1. The predicted octanol–water partition coefficient (Wildman–Crippen LogP) is 3.99. The van der Waals surface area contributed by atoms with Crippen LogP contribution in [0.25, 0.3) is 0 Å². The molecule has 7 heteroatoms. The van der Waals surface area contributed by atoms with E-state index in [0.717, 1.165) is 25.0 Å². The van der Waals surface area contributed by atoms with Gasteiger partial charge in [-0.15, -0.1) is 11.3 Å². The minimum Gasteiger partial charge on any atom is -0.485 e. The Balaban J connectivity index is 1.60. The molecule has 1 fully saturated rings. The molecule has 0 spiro atoms. The fourth-order valence-corrected chi connectivity index (χ4v) is 4.25. The van der Waals surface area contributed by atoms with Crippen LogP contribution in [0.5, 0.6) is 5.75 Å². The van der Waals surface area contributed by atoms with Gasteiger partial charge in [0.1, 0.15) is 12.4 Å². The number of thiazole rings is 1. The third-order valence-electron chi connectivity index (χ3n) is 5.19. The number of nitrogens with zero attached hydrogens (tertiary/aromatic N) is 1. The van der Waals surface area contributed by atoms with E-state index in [0.29, 0.717) is 29.9 Å². The van der Waals surface area contributed by atoms with Crippen LogP contribution in [0.2, 0.25) is 0 Å². The van der Waals surface area contributed by atoms with Crippen molar-refractivity contribution in [2.45, 2.75) is 52.2 Å². The molecule has 1 aromatic heterocycles. The molecule has 150 valence electrons. The Bertz CT molecular complexity index is 792. The minimum atomic E-state index is -0.669. The number of anilines is 1. The smallest absolute Gasteiger partial charge is 0.313 e. The summed E-state index contributed by atoms with van der Waals surface area (Å²) >= 11 is 1.50. The number of carbonyl (C=O) groups is 2. The number of benzene rings is 1. The molecule has 2 N–H and O–H groups in total. The average molecular weight is 402 g/mol. The van der Waals surface area contributed by atoms with Gasteiger partial charge in [0, 0.05) is 11.4 Å². The summed E-state index contributed by atoms with van der Waals surface area (Å²) in [6.45, 7) is 4.65. The Morgan fingerprint density at radius 3 is 2.75 bits per heavy atom. The highest BCUT2D eigenvalue weighted by Gasteiger charge is 2.30. The van der Waals surface area contributed by atoms with Gasteiger partial charge < -0.3 is 15.4 Å². The van der Waals surface area contributed by atoms with Crippen LogP contribution in [0.1, 0.15) is 45.2 Å². The molecular weight excluding hydrogens is 374 g/mol. The van der Waals surface area contributed by atoms with Gasteiger partial charge >= 0.3 is 11.8 Å². The van der Waals surface area contributed by atoms with Gasteiger partial charge in [-0.3, -0.25) is 9.59 Å². The van der Waals surface area contributed by atoms with Gasteiger partial charge in [-0.05, 0) is 36.8 Å². The average Bonchev–Trinajstić information content (AvgIpc) is 3.21. The molecule has 0 saturated heterocycles. The first-order chi connectivity index (χ1) is 13.5. The van der Waals surface area contributed by atoms with E-state index >= 15 is 0 Å². The van der Waals surface area contributed by atoms with Crippen LogP contribution in [0, 0.1) is 11.8 Å². The van der Waals surface area contributed by atoms with Crippen molar-refractivity contribution in [2.24, 2.45) is 11.8 Å². The van der Waals surface area contributed by atoms with E-state index in [2.05, 4.69) is 29.5 Å². The number of nitrogens with one attached hydrogen (secondary N) is 2. The van der Waals surface area contributed by atoms with Gasteiger partial charge in [0.25, 0.3) is 0 Å². The van der Waals surface area contributed by atoms with Crippen LogP contribution in [0.3, 0.4) is 0 Å². The summed E-state index contributed by atoms with van der Waals surface area (Å²) in [5.74, 6) is 0.145. The Kier molecular flexibility index (Phi) is 7.03. The van der Waals surface area contributed by atoms with Crippen LogP contribution < -0.4 is 15.4 Å². The fourth-order valence-electron chi connectivity index (χ4n) is 3.71. The number of amides is 2. The van der Waals surface area contributed by atoms with E-state index in [9.17, 15) is 9.59 Å². The molecule has 2 aromatic rings. The highest BCUT2D eigenvalue weighted by molar-refractivity contribution is 7.07. The lowest BCUT2D eigenvalue weighted by Crippen LogP contribution is -2.47. The molecule has 2 unspecified atom stereocenters. The van der Waals surface area contributed by atoms with Crippen molar-refractivity contribution in [2.75, 3.05) is 5.32 Å². The molecule has 6 nitrogen and oxygen atoms in total. The number of para-hydroxylation sites is 2. The van der Waals surface area contributed by atoms with Gasteiger partial charge in [-0.25, -0.2) is 4.98 Å². The molecule has 3 rings (SSSR count). The van der Waals surface area contributed by atoms with E-state index < -0.39 is 11.8 Å². The zero-order valence-electron chi connectivity index (χ0n) is 16.3. The van der Waals surface area contributed by atoms with Crippen molar-refractivity contribution in [1.82, 2.24) is 10.3 Å². The first kappa shape index (κ1) is 20.3. The van der Waals surface area contributed by atoms with E-state index in [4.69, 9.17) is 4.74 Å². The fraction of sp³-hybridized carbons (Fsp3) is 0.476. The van der Waals surface area contributed by atoms with Crippen LogP contribution in [-0.4, -0.2) is 22.8 Å². The minimum absolute atomic E-state index is 0.0585. The molecule has 1 heterocycles. The summed E-state index contributed by atoms with van der Waals surface area (Å²) in [6.07, 6.45) is 4.29. The van der Waals surface area contributed by atoms with Crippen LogP contribution >= 0.6 is 11.3 Å². The number of ether oxygens (including phenoxy) is 1. The van der Waals surface area contributed by atoms with Crippen molar-refractivity contribution in [3.8, 4) is 5.75 Å². The largest absolute Gasteiger partial charge is 0.485 e. The highest BCUT2D eigenvalue weighted by Crippen LogP contribution is 2.30. The van der Waals surface area contributed by atoms with E-state index in [1.807, 2.05) is 11.4 Å². The molecule has 0 bridgehead atoms. The first-order valence-electron chi connectivity index (χ1n) is 9.75. The number of hydrogen-bond acceptors (Lipinski definition) is 5. The van der Waals surface area contributed by atoms with Gasteiger partial charge in [-0.2, -0.15) is 0 Å². The van der Waals surface area contributed by atoms with E-state index in [1.165, 1.54) is 17.8 Å². The molecule has 0 radical (unpaired) electrons. The normalized spacial score (nSPS) is 19.2. The molecule has 1 aliphatic rings. The number of rotatable bonds is 6. The van der Waals surface area contributed by atoms with Crippen molar-refractivity contribution in [3.05, 3.63) is 40.8 Å². The van der Waals surface area contributed by atoms with Crippen molar-refractivity contribution < 1.29 is 14.3 Å². The molecule has 0 aliphatic heterocycles. The maximum atomic E-state index is 12.5. The van der Waals surface area contributed by atoms with Gasteiger partial charge in [0.05, 0.1) is 16.9 Å². The summed E-state index contributed by atoms with van der Waals surface area (Å²) < 4.78 is 5.76. The molecule has 2 amide bonds. The van der Waals surface area contributed by atoms with E-state index in [1.54, 1.807) is 23.7 Å². The second kappa shape index (κ2) is 9.68. The summed E-state index contributed by atoms with van der Waals surface area (Å²) in [5, 5.41) is 7.53. The van der Waals surface area contributed by atoms with Crippen molar-refractivity contribution in [1.29, 1.82) is 0 Å². The predicted molar refractivity (Wildman–Crippen MR) is 110 cm³/mol. The molecular formula is C21H27N3O3S. The van der Waals surface area contributed by atoms with Gasteiger partial charge in [-0.1, -0.05) is 38.8 Å². The Morgan fingerprint density at radius 2 is 2.00 bits per heavy atom. The number of aromatic nitrogens is 1. The zero-order chi connectivity index (χ0) is 19.9. The van der Waals surface area contributed by atoms with Crippen molar-refractivity contribution >= 4 is 28.8 Å². The first-order valence-corrected chi connectivity index (χ1v) is 10.7. The number of carbonyl (C=O) groups excluding carboxylic acids is 2. The third-order valence-corrected chi connectivity index (χ3v) is 5.83. The molecule has 1 saturated carbocycles. The Morgan fingerprint density at radius 1 is 1.21 bits per heavy atom. The summed E-state index contributed by atoms with van der Waals surface area (Å²) in [4.78, 5) is 29.1. The Hall–Kier alpha value is -2.41. The quantitative estimate of drug-likeness (QED) is 0.717. The maximum Gasteiger partial charge on any atom is 0.313 e. The third kappa shape index (κ3) is 5.32. The molecule has 2 atom stereocenters. The maximum absolute atomic E-state index is 12.5. The lowest BCUT2D eigenvalue weighted by atomic mass is 9.78. The van der Waals surface area contributed by atoms with Gasteiger partial charge in [0.2, 0.25) is 0 Å². The summed E-state index contributed by atoms with van der Waals surface area (Å²) in [5.41, 5.74) is 3.04. The number of hydrogen-bond donors (Lipinski definition) is 2. The van der Waals surface area contributed by atoms with Crippen LogP contribution in [0.15, 0.2) is 35.2 Å². The summed E-state index contributed by atoms with van der Waals surface area (Å²) in [7, 11) is 0. The highest BCUT2D eigenvalue weighted by atomic mass is 32.1. The lowest BCUT2D eigenvalue weighted by molar-refractivity contribution is -0.137. The van der Waals surface area contributed by atoms with Crippen LogP contribution in [0.4, 0.5) is 5.69 Å². The molecule has 28 heavy (non-hydrogen) atoms. The SMILES string of the molecule is CC(C)C1CCCCC1NC(=O)C(=O)Nc1ccccc1OCc1cscn1. The molecule has 1 aromatic carbocycles. The summed E-state index contributed by atoms with van der Waals surface area (Å²) in [6, 6.07) is 7.15. The second-order valence-electron chi connectivity index (χ2n) is 7.49. The monoisotopic (exact) mass is 401 g/mol. The molecule has 1 aliphatic carbocycles. The Labute approximate surface area is 169 Å². The van der Waals surface area contributed by atoms with Crippen molar-refractivity contribution in [3.63, 3.8) is 0 Å². The van der Waals surface area contributed by atoms with E-state index in [-0.39, 0.29) is 6.04 Å². The lowest BCUT2D eigenvalue weighted by Gasteiger charge is -2.34. The topological polar surface area (TPSA) is 80.3 Å². The standard InChI is InChI=1S/C21H27N3O3S/c1-14(2)16-7-3-4-8-17(16)23-20(25)21(26)24-18-9-5-6-10-19(18)27-11-15-12-28-13-22-15/h5-6,9-10,12-14,16-17H,3-4,7-8,11H2,1-2H3,(H,23,25)(H,24,26). The van der Waals surface area contributed by atoms with Crippen LogP contribution in [-0.2, 0) is 16.2 Å².